The number of carbonyl (C=O) groups is 1. The van der Waals surface area contributed by atoms with E-state index in [-0.39, 0.29) is 12.1 Å². The van der Waals surface area contributed by atoms with E-state index >= 15 is 0 Å². The number of guanidine groups is 1. The number of benzene rings is 1. The van der Waals surface area contributed by atoms with Crippen LogP contribution in [-0.4, -0.2) is 49.7 Å². The number of halogens is 1. The van der Waals surface area contributed by atoms with E-state index in [1.54, 1.807) is 11.9 Å². The third kappa shape index (κ3) is 5.30. The number of nitrogens with one attached hydrogen (secondary N) is 2. The predicted molar refractivity (Wildman–Crippen MR) is 96.4 cm³/mol. The number of ether oxygens (including phenoxy) is 1. The molecule has 0 spiro atoms. The molecule has 0 atom stereocenters. The van der Waals surface area contributed by atoms with Crippen molar-refractivity contribution in [1.82, 2.24) is 15.5 Å². The van der Waals surface area contributed by atoms with Gasteiger partial charge in [-0.2, -0.15) is 0 Å². The molecule has 0 aliphatic carbocycles. The Kier molecular flexibility index (Phi) is 7.18. The lowest BCUT2D eigenvalue weighted by molar-refractivity contribution is 0.0963. The van der Waals surface area contributed by atoms with Crippen LogP contribution in [0.1, 0.15) is 25.3 Å². The lowest BCUT2D eigenvalue weighted by atomic mass is 10.1. The molecule has 1 heterocycles. The van der Waals surface area contributed by atoms with Crippen molar-refractivity contribution in [2.75, 3.05) is 26.7 Å². The molecule has 0 radical (unpaired) electrons. The van der Waals surface area contributed by atoms with Crippen LogP contribution in [-0.2, 0) is 11.3 Å². The average molecular weight is 353 g/mol. The number of rotatable bonds is 4. The molecule has 7 heteroatoms. The van der Waals surface area contributed by atoms with Crippen molar-refractivity contribution >= 4 is 23.7 Å². The van der Waals surface area contributed by atoms with Crippen molar-refractivity contribution in [1.29, 1.82) is 0 Å². The Bertz CT molecular complexity index is 571. The molecule has 132 valence electrons. The van der Waals surface area contributed by atoms with E-state index in [0.29, 0.717) is 26.2 Å². The topological polar surface area (TPSA) is 66.0 Å². The highest BCUT2D eigenvalue weighted by Crippen LogP contribution is 2.14. The summed E-state index contributed by atoms with van der Waals surface area (Å²) in [5, 5.41) is 7.42. The van der Waals surface area contributed by atoms with Crippen LogP contribution >= 0.6 is 11.6 Å². The van der Waals surface area contributed by atoms with Gasteiger partial charge < -0.3 is 20.3 Å². The summed E-state index contributed by atoms with van der Waals surface area (Å²) in [7, 11) is 1.75. The molecule has 2 N–H and O–H groups in total. The molecular weight excluding hydrogens is 328 g/mol. The second-order valence-electron chi connectivity index (χ2n) is 5.62. The van der Waals surface area contributed by atoms with Gasteiger partial charge in [0.25, 0.3) is 0 Å². The number of nitrogens with zero attached hydrogens (tertiary/aromatic N) is 2. The number of carbonyl (C=O) groups excluding carboxylic acids is 1. The van der Waals surface area contributed by atoms with Crippen molar-refractivity contribution in [2.24, 2.45) is 4.99 Å². The van der Waals surface area contributed by atoms with E-state index in [2.05, 4.69) is 15.6 Å². The highest BCUT2D eigenvalue weighted by Gasteiger charge is 2.23. The molecule has 1 saturated heterocycles. The summed E-state index contributed by atoms with van der Waals surface area (Å²) in [6.07, 6.45) is 1.51. The fourth-order valence-electron chi connectivity index (χ4n) is 2.63. The van der Waals surface area contributed by atoms with E-state index in [0.717, 1.165) is 29.4 Å². The number of amides is 1. The maximum absolute atomic E-state index is 11.7. The zero-order chi connectivity index (χ0) is 17.4. The molecule has 1 aliphatic rings. The van der Waals surface area contributed by atoms with Crippen molar-refractivity contribution < 1.29 is 9.53 Å². The zero-order valence-corrected chi connectivity index (χ0v) is 15.0. The summed E-state index contributed by atoms with van der Waals surface area (Å²) in [6.45, 7) is 4.23. The van der Waals surface area contributed by atoms with E-state index in [1.807, 2.05) is 31.2 Å². The first-order valence-electron chi connectivity index (χ1n) is 8.26. The second-order valence-corrected chi connectivity index (χ2v) is 6.03. The first kappa shape index (κ1) is 18.4. The molecule has 0 saturated carbocycles. The molecule has 6 nitrogen and oxygen atoms in total. The van der Waals surface area contributed by atoms with Crippen molar-refractivity contribution in [3.63, 3.8) is 0 Å². The molecule has 1 aromatic rings. The summed E-state index contributed by atoms with van der Waals surface area (Å²) < 4.78 is 5.04. The van der Waals surface area contributed by atoms with Crippen LogP contribution in [0.15, 0.2) is 29.3 Å². The SMILES string of the molecule is CCOC(=O)N1CCC(NC(=NC)NCc2ccccc2Cl)CC1. The molecule has 2 rings (SSSR count). The van der Waals surface area contributed by atoms with Gasteiger partial charge in [0.05, 0.1) is 6.61 Å². The number of hydrogen-bond donors (Lipinski definition) is 2. The van der Waals surface area contributed by atoms with Gasteiger partial charge in [0.2, 0.25) is 0 Å². The average Bonchev–Trinajstić information content (AvgIpc) is 2.60. The minimum atomic E-state index is -0.225. The molecule has 0 unspecified atom stereocenters. The Morgan fingerprint density at radius 1 is 1.38 bits per heavy atom. The van der Waals surface area contributed by atoms with Gasteiger partial charge in [0.1, 0.15) is 0 Å². The number of piperidine rings is 1. The first-order valence-corrected chi connectivity index (χ1v) is 8.64. The second kappa shape index (κ2) is 9.37. The van der Waals surface area contributed by atoms with E-state index < -0.39 is 0 Å². The number of aliphatic imine (C=N–C) groups is 1. The molecule has 24 heavy (non-hydrogen) atoms. The van der Waals surface area contributed by atoms with Crippen LogP contribution in [0.2, 0.25) is 5.02 Å². The lowest BCUT2D eigenvalue weighted by Gasteiger charge is -2.32. The fraction of sp³-hybridized carbons (Fsp3) is 0.529. The normalized spacial score (nSPS) is 16.0. The molecular formula is C17H25ClN4O2. The number of hydrogen-bond acceptors (Lipinski definition) is 3. The summed E-state index contributed by atoms with van der Waals surface area (Å²) in [5.41, 5.74) is 1.03. The third-order valence-electron chi connectivity index (χ3n) is 3.99. The fourth-order valence-corrected chi connectivity index (χ4v) is 2.83. The first-order chi connectivity index (χ1) is 11.6. The van der Waals surface area contributed by atoms with E-state index in [9.17, 15) is 4.79 Å². The lowest BCUT2D eigenvalue weighted by Crippen LogP contribution is -2.49. The van der Waals surface area contributed by atoms with E-state index in [4.69, 9.17) is 16.3 Å². The van der Waals surface area contributed by atoms with Gasteiger partial charge in [0, 0.05) is 37.7 Å². The summed E-state index contributed by atoms with van der Waals surface area (Å²) in [4.78, 5) is 17.7. The van der Waals surface area contributed by atoms with Crippen LogP contribution in [0.4, 0.5) is 4.79 Å². The molecule has 1 amide bonds. The Morgan fingerprint density at radius 3 is 2.71 bits per heavy atom. The Morgan fingerprint density at radius 2 is 2.08 bits per heavy atom. The van der Waals surface area contributed by atoms with Crippen LogP contribution in [0, 0.1) is 0 Å². The van der Waals surface area contributed by atoms with Gasteiger partial charge >= 0.3 is 6.09 Å². The van der Waals surface area contributed by atoms with Crippen molar-refractivity contribution in [2.45, 2.75) is 32.4 Å². The summed E-state index contributed by atoms with van der Waals surface area (Å²) in [5.74, 6) is 0.740. The van der Waals surface area contributed by atoms with Crippen LogP contribution in [0.5, 0.6) is 0 Å². The minimum absolute atomic E-state index is 0.225. The van der Waals surface area contributed by atoms with Crippen LogP contribution < -0.4 is 10.6 Å². The maximum atomic E-state index is 11.7. The van der Waals surface area contributed by atoms with Gasteiger partial charge in [-0.15, -0.1) is 0 Å². The molecule has 0 aromatic heterocycles. The Hall–Kier alpha value is -1.95. The van der Waals surface area contributed by atoms with Crippen molar-refractivity contribution in [3.8, 4) is 0 Å². The standard InChI is InChI=1S/C17H25ClN4O2/c1-3-24-17(23)22-10-8-14(9-11-22)21-16(19-2)20-12-13-6-4-5-7-15(13)18/h4-7,14H,3,8-12H2,1-2H3,(H2,19,20,21). The third-order valence-corrected chi connectivity index (χ3v) is 4.36. The smallest absolute Gasteiger partial charge is 0.409 e. The van der Waals surface area contributed by atoms with Crippen molar-refractivity contribution in [3.05, 3.63) is 34.9 Å². The van der Waals surface area contributed by atoms with Gasteiger partial charge in [-0.1, -0.05) is 29.8 Å². The van der Waals surface area contributed by atoms with Gasteiger partial charge in [-0.05, 0) is 31.4 Å². The van der Waals surface area contributed by atoms with Crippen LogP contribution in [0.3, 0.4) is 0 Å². The molecule has 1 aliphatic heterocycles. The van der Waals surface area contributed by atoms with Gasteiger partial charge in [0.15, 0.2) is 5.96 Å². The highest BCUT2D eigenvalue weighted by molar-refractivity contribution is 6.31. The minimum Gasteiger partial charge on any atom is -0.450 e. The molecule has 1 aromatic carbocycles. The monoisotopic (exact) mass is 352 g/mol. The Balaban J connectivity index is 1.78. The van der Waals surface area contributed by atoms with Gasteiger partial charge in [-0.25, -0.2) is 4.79 Å². The largest absolute Gasteiger partial charge is 0.450 e. The van der Waals surface area contributed by atoms with Gasteiger partial charge in [-0.3, -0.25) is 4.99 Å². The summed E-state index contributed by atoms with van der Waals surface area (Å²) in [6, 6.07) is 8.02. The van der Waals surface area contributed by atoms with E-state index in [1.165, 1.54) is 0 Å². The summed E-state index contributed by atoms with van der Waals surface area (Å²) >= 11 is 6.16. The highest BCUT2D eigenvalue weighted by atomic mass is 35.5. The molecule has 1 fully saturated rings. The quantitative estimate of drug-likeness (QED) is 0.645. The Labute approximate surface area is 148 Å². The maximum Gasteiger partial charge on any atom is 0.409 e. The molecule has 0 bridgehead atoms. The van der Waals surface area contributed by atoms with Crippen LogP contribution in [0.25, 0.3) is 0 Å². The zero-order valence-electron chi connectivity index (χ0n) is 14.2. The predicted octanol–water partition coefficient (Wildman–Crippen LogP) is 2.63. The number of likely N-dealkylation sites (tertiary alicyclic amines) is 1.